The maximum atomic E-state index is 10.1. The Hall–Kier alpha value is -6.20. The zero-order valence-electron chi connectivity index (χ0n) is 43.6. The summed E-state index contributed by atoms with van der Waals surface area (Å²) in [6, 6.07) is 11.3. The van der Waals surface area contributed by atoms with Gasteiger partial charge in [0.15, 0.2) is 5.82 Å². The number of benzene rings is 8. The quantitative estimate of drug-likeness (QED) is 0.181. The third-order valence-corrected chi connectivity index (χ3v) is 11.3. The molecule has 11 rings (SSSR count). The van der Waals surface area contributed by atoms with Crippen molar-refractivity contribution in [2.45, 2.75) is 0 Å². The number of rotatable bonds is 4. The second kappa shape index (κ2) is 11.7. The van der Waals surface area contributed by atoms with Gasteiger partial charge in [-0.2, -0.15) is 0 Å². The number of nitrogens with zero attached hydrogens (tertiary/aromatic N) is 2. The van der Waals surface area contributed by atoms with E-state index < -0.39 is 96.2 Å². The fraction of sp³-hybridized carbons (Fsp3) is 0. The molecule has 0 radical (unpaired) electrons. The van der Waals surface area contributed by atoms with Gasteiger partial charge in [0.1, 0.15) is 0 Å². The van der Waals surface area contributed by atoms with Crippen molar-refractivity contribution in [3.8, 4) is 44.9 Å². The number of aromatic nitrogens is 2. The van der Waals surface area contributed by atoms with E-state index in [2.05, 4.69) is 0 Å². The molecule has 0 atom stereocenters. The van der Waals surface area contributed by atoms with Gasteiger partial charge < -0.3 is 0 Å². The summed E-state index contributed by atoms with van der Waals surface area (Å²) in [7, 11) is 0. The van der Waals surface area contributed by atoms with Crippen LogP contribution in [-0.4, -0.2) is 9.97 Å². The van der Waals surface area contributed by atoms with Crippen molar-refractivity contribution in [2.75, 3.05) is 0 Å². The first-order valence-electron chi connectivity index (χ1n) is 24.6. The molecule has 242 valence electrons. The highest BCUT2D eigenvalue weighted by Gasteiger charge is 2.22. The Morgan fingerprint density at radius 2 is 1.15 bits per heavy atom. The van der Waals surface area contributed by atoms with Crippen molar-refractivity contribution in [3.05, 3.63) is 169 Å². The summed E-state index contributed by atoms with van der Waals surface area (Å²) in [6.45, 7) is 0. The highest BCUT2D eigenvalue weighted by atomic mass is 32.1. The van der Waals surface area contributed by atoms with E-state index in [1.54, 1.807) is 0 Å². The molecule has 4 heteroatoms. The van der Waals surface area contributed by atoms with Gasteiger partial charge in [-0.1, -0.05) is 139 Å². The van der Waals surface area contributed by atoms with Crippen LogP contribution in [0.4, 0.5) is 0 Å². The lowest BCUT2D eigenvalue weighted by Crippen LogP contribution is -1.95. The van der Waals surface area contributed by atoms with Gasteiger partial charge in [0, 0.05) is 46.8 Å². The van der Waals surface area contributed by atoms with E-state index in [9.17, 15) is 5.48 Å². The smallest absolute Gasteiger partial charge is 0.161 e. The summed E-state index contributed by atoms with van der Waals surface area (Å²) >= 11 is 1.87. The molecule has 0 saturated carbocycles. The Bertz CT molecular complexity index is 4140. The summed E-state index contributed by atoms with van der Waals surface area (Å²) < 4.78 is 152. The topological polar surface area (TPSA) is 25.8 Å². The van der Waals surface area contributed by atoms with E-state index in [0.29, 0.717) is 10.3 Å². The number of hydrogen-bond donors (Lipinski definition) is 0. The zero-order valence-corrected chi connectivity index (χ0v) is 28.2. The molecule has 0 N–H and O–H groups in total. The van der Waals surface area contributed by atoms with E-state index in [4.69, 9.17) is 27.8 Å². The van der Waals surface area contributed by atoms with Crippen molar-refractivity contribution in [1.29, 1.82) is 0 Å². The zero-order chi connectivity index (χ0) is 49.0. The molecule has 3 heterocycles. The predicted molar refractivity (Wildman–Crippen MR) is 225 cm³/mol. The van der Waals surface area contributed by atoms with Gasteiger partial charge in [-0.05, 0) is 68.7 Å². The lowest BCUT2D eigenvalue weighted by atomic mass is 9.94. The highest BCUT2D eigenvalue weighted by molar-refractivity contribution is 7.27. The molecule has 0 amide bonds. The van der Waals surface area contributed by atoms with Gasteiger partial charge >= 0.3 is 0 Å². The normalized spacial score (nSPS) is 16.4. The molecule has 0 saturated heterocycles. The first-order chi connectivity index (χ1) is 32.8. The minimum Gasteiger partial charge on any atom is -0.226 e. The third-order valence-electron chi connectivity index (χ3n) is 9.09. The average molecular weight is 714 g/mol. The van der Waals surface area contributed by atoms with Gasteiger partial charge in [-0.25, -0.2) is 9.97 Å². The van der Waals surface area contributed by atoms with Gasteiger partial charge in [0.25, 0.3) is 0 Å². The molecule has 8 aromatic carbocycles. The van der Waals surface area contributed by atoms with Crippen LogP contribution in [0, 0.1) is 0 Å². The van der Waals surface area contributed by atoms with Crippen LogP contribution in [0.3, 0.4) is 0 Å². The molecule has 52 heavy (non-hydrogen) atoms. The van der Waals surface area contributed by atoms with E-state index in [1.807, 2.05) is 66.7 Å². The molecule has 0 aliphatic rings. The summed E-state index contributed by atoms with van der Waals surface area (Å²) in [5.41, 5.74) is 1.83. The molecule has 0 aliphatic heterocycles. The largest absolute Gasteiger partial charge is 0.226 e. The Balaban J connectivity index is 1.34. The summed E-state index contributed by atoms with van der Waals surface area (Å²) in [5, 5.41) is 1.16. The first kappa shape index (κ1) is 17.3. The Labute approximate surface area is 331 Å². The summed E-state index contributed by atoms with van der Waals surface area (Å²) in [5.74, 6) is -0.238. The van der Waals surface area contributed by atoms with E-state index in [1.165, 1.54) is 0 Å². The van der Waals surface area contributed by atoms with Crippen LogP contribution in [0.1, 0.15) is 23.3 Å². The maximum absolute atomic E-state index is 10.1. The van der Waals surface area contributed by atoms with Crippen LogP contribution < -0.4 is 0 Å². The fourth-order valence-electron chi connectivity index (χ4n) is 6.75. The van der Waals surface area contributed by atoms with E-state index in [-0.39, 0.29) is 81.3 Å². The standard InChI is InChI=1S/C48H28N2S2/c1-3-12-29(13-4-1)31-22-23-33-27-35(25-24-32(33)26-31)44-47-45(38-18-8-10-21-41(38)52-47)50-48(49-44)39-28-34-16-11-19-36(30-14-5-2-6-15-30)42(34)46-43(39)37-17-7-9-20-40(37)51-46/h1-28H/i2D,5D,6D,7D,8D,9D,10D,11D,14D,15D,16D,17D,18D,19D,20D,21D,28D. The summed E-state index contributed by atoms with van der Waals surface area (Å²) in [6.07, 6.45) is 0. The van der Waals surface area contributed by atoms with Gasteiger partial charge in [-0.3, -0.25) is 0 Å². The average Bonchev–Trinajstić information content (AvgIpc) is 3.95. The molecular weight excluding hydrogens is 669 g/mol. The van der Waals surface area contributed by atoms with Crippen molar-refractivity contribution in [1.82, 2.24) is 9.97 Å². The Morgan fingerprint density at radius 3 is 1.98 bits per heavy atom. The fourth-order valence-corrected chi connectivity index (χ4v) is 8.99. The van der Waals surface area contributed by atoms with E-state index in [0.717, 1.165) is 44.6 Å². The minimum atomic E-state index is -0.740. The van der Waals surface area contributed by atoms with Crippen molar-refractivity contribution < 1.29 is 23.3 Å². The molecule has 0 fully saturated rings. The Kier molecular flexibility index (Phi) is 3.89. The second-order valence-corrected chi connectivity index (χ2v) is 14.1. The van der Waals surface area contributed by atoms with Crippen molar-refractivity contribution in [2.24, 2.45) is 0 Å². The number of fused-ring (bicyclic) bond motifs is 9. The van der Waals surface area contributed by atoms with Crippen molar-refractivity contribution in [3.63, 3.8) is 0 Å². The van der Waals surface area contributed by atoms with Gasteiger partial charge in [0.05, 0.1) is 39.2 Å². The van der Waals surface area contributed by atoms with Crippen LogP contribution in [0.15, 0.2) is 169 Å². The third kappa shape index (κ3) is 4.62. The lowest BCUT2D eigenvalue weighted by molar-refractivity contribution is 1.25. The van der Waals surface area contributed by atoms with Crippen LogP contribution >= 0.6 is 22.7 Å². The van der Waals surface area contributed by atoms with Gasteiger partial charge in [-0.15, -0.1) is 22.7 Å². The van der Waals surface area contributed by atoms with Crippen LogP contribution in [0.5, 0.6) is 0 Å². The maximum Gasteiger partial charge on any atom is 0.161 e. The number of hydrogen-bond acceptors (Lipinski definition) is 4. The van der Waals surface area contributed by atoms with Gasteiger partial charge in [0.2, 0.25) is 0 Å². The highest BCUT2D eigenvalue weighted by Crippen LogP contribution is 2.47. The molecule has 0 unspecified atom stereocenters. The van der Waals surface area contributed by atoms with Crippen LogP contribution in [0.25, 0.3) is 107 Å². The number of thiophene rings is 2. The SMILES string of the molecule is [2H]c1c([2H])c([2H])c(-c2c([2H])c([2H])c([2H])c3c([2H])c(-c4nc(-c5ccc6cc(-c7ccccc7)ccc6c5)c5sc6c([2H])c([2H])c([2H])c([2H])c6c5n4)c4c(sc5c([2H])c([2H])c([2H])c([2H])c54)c23)c([2H])c1[2H]. The molecule has 3 aromatic heterocycles. The van der Waals surface area contributed by atoms with Crippen molar-refractivity contribution >= 4 is 84.7 Å². The predicted octanol–water partition coefficient (Wildman–Crippen LogP) is 14.2. The summed E-state index contributed by atoms with van der Waals surface area (Å²) in [4.78, 5) is 10.1. The molecule has 0 bridgehead atoms. The van der Waals surface area contributed by atoms with E-state index >= 15 is 0 Å². The molecular formula is C48H28N2S2. The minimum absolute atomic E-state index is 0.00928. The van der Waals surface area contributed by atoms with Crippen LogP contribution in [-0.2, 0) is 0 Å². The first-order valence-corrected chi connectivity index (χ1v) is 17.7. The molecule has 2 nitrogen and oxygen atoms in total. The second-order valence-electron chi connectivity index (χ2n) is 12.0. The molecule has 11 aromatic rings. The molecule has 0 aliphatic carbocycles. The monoisotopic (exact) mass is 713 g/mol. The Morgan fingerprint density at radius 1 is 0.462 bits per heavy atom. The lowest BCUT2D eigenvalue weighted by Gasteiger charge is -2.13. The molecule has 0 spiro atoms. The van der Waals surface area contributed by atoms with Crippen LogP contribution in [0.2, 0.25) is 0 Å².